The van der Waals surface area contributed by atoms with Crippen molar-refractivity contribution in [3.05, 3.63) is 35.9 Å². The maximum atomic E-state index is 12.8. The van der Waals surface area contributed by atoms with Crippen LogP contribution in [-0.4, -0.2) is 53.8 Å². The first-order valence-corrected chi connectivity index (χ1v) is 10.1. The molecular weight excluding hydrogens is 406 g/mol. The number of hydrogen-bond acceptors (Lipinski definition) is 6. The van der Waals surface area contributed by atoms with Gasteiger partial charge < -0.3 is 25.4 Å². The van der Waals surface area contributed by atoms with Crippen LogP contribution in [0.3, 0.4) is 0 Å². The average molecular weight is 438 g/mol. The highest BCUT2D eigenvalue weighted by Crippen LogP contribution is 2.08. The van der Waals surface area contributed by atoms with E-state index >= 15 is 0 Å². The van der Waals surface area contributed by atoms with E-state index in [0.717, 1.165) is 5.56 Å². The number of hydrogen-bond donors (Lipinski definition) is 3. The van der Waals surface area contributed by atoms with Crippen molar-refractivity contribution in [2.75, 3.05) is 7.11 Å². The fourth-order valence-electron chi connectivity index (χ4n) is 2.46. The zero-order valence-corrected chi connectivity index (χ0v) is 19.1. The summed E-state index contributed by atoms with van der Waals surface area (Å²) in [5.41, 5.74) is 0.268. The van der Waals surface area contributed by atoms with Crippen LogP contribution >= 0.6 is 12.2 Å². The van der Waals surface area contributed by atoms with E-state index in [1.54, 1.807) is 27.7 Å². The first kappa shape index (κ1) is 25.4. The topological polar surface area (TPSA) is 106 Å². The van der Waals surface area contributed by atoms with Gasteiger partial charge in [-0.15, -0.1) is 0 Å². The molecule has 9 heteroatoms. The second-order valence-electron chi connectivity index (χ2n) is 7.87. The third-order valence-electron chi connectivity index (χ3n) is 3.96. The maximum Gasteiger partial charge on any atom is 0.408 e. The van der Waals surface area contributed by atoms with Crippen molar-refractivity contribution < 1.29 is 23.9 Å². The molecule has 0 saturated carbocycles. The zero-order chi connectivity index (χ0) is 22.9. The number of esters is 1. The lowest BCUT2D eigenvalue weighted by atomic mass is 10.0. The predicted molar refractivity (Wildman–Crippen MR) is 118 cm³/mol. The maximum absolute atomic E-state index is 12.8. The molecule has 0 heterocycles. The monoisotopic (exact) mass is 437 g/mol. The Balaban J connectivity index is 2.85. The molecule has 0 aliphatic heterocycles. The van der Waals surface area contributed by atoms with E-state index in [0.29, 0.717) is 6.42 Å². The van der Waals surface area contributed by atoms with Crippen LogP contribution in [0, 0.1) is 0 Å². The minimum absolute atomic E-state index is 0.266. The van der Waals surface area contributed by atoms with Gasteiger partial charge in [-0.05, 0) is 40.2 Å². The average Bonchev–Trinajstić information content (AvgIpc) is 2.65. The molecule has 8 nitrogen and oxygen atoms in total. The quantitative estimate of drug-likeness (QED) is 0.422. The molecule has 2 amide bonds. The van der Waals surface area contributed by atoms with Crippen molar-refractivity contribution in [2.45, 2.75) is 64.8 Å². The standard InChI is InChI=1S/C21H31N3O5S/c1-13(23-20(27)29-21(3,4)5)18(30)24-16(12-15-10-8-7-9-11-15)17(25)22-14(2)19(26)28-6/h7-11,13-14,16H,12H2,1-6H3,(H,22,25)(H,23,27)(H,24,30)/t13-,14-,16-/m0/s1. The molecule has 1 aromatic carbocycles. The minimum Gasteiger partial charge on any atom is -0.467 e. The van der Waals surface area contributed by atoms with E-state index < -0.39 is 41.7 Å². The lowest BCUT2D eigenvalue weighted by molar-refractivity contribution is -0.144. The molecule has 0 fully saturated rings. The number of alkyl carbamates (subject to hydrolysis) is 1. The largest absolute Gasteiger partial charge is 0.467 e. The normalized spacial score (nSPS) is 13.9. The van der Waals surface area contributed by atoms with Crippen LogP contribution < -0.4 is 16.0 Å². The van der Waals surface area contributed by atoms with Crippen molar-refractivity contribution >= 4 is 35.2 Å². The first-order valence-electron chi connectivity index (χ1n) is 9.65. The second-order valence-corrected chi connectivity index (χ2v) is 8.31. The van der Waals surface area contributed by atoms with E-state index in [4.69, 9.17) is 17.0 Å². The van der Waals surface area contributed by atoms with Crippen molar-refractivity contribution in [2.24, 2.45) is 0 Å². The van der Waals surface area contributed by atoms with Crippen LogP contribution in [0.2, 0.25) is 0 Å². The fourth-order valence-corrected chi connectivity index (χ4v) is 2.66. The summed E-state index contributed by atoms with van der Waals surface area (Å²) in [7, 11) is 1.25. The van der Waals surface area contributed by atoms with Gasteiger partial charge in [0.1, 0.15) is 17.7 Å². The van der Waals surface area contributed by atoms with Crippen LogP contribution in [0.15, 0.2) is 30.3 Å². The molecule has 0 aromatic heterocycles. The summed E-state index contributed by atoms with van der Waals surface area (Å²) >= 11 is 5.38. The number of carbonyl (C=O) groups is 3. The molecule has 166 valence electrons. The summed E-state index contributed by atoms with van der Waals surface area (Å²) in [5, 5.41) is 8.25. The Bertz CT molecular complexity index is 749. The number of amides is 2. The van der Waals surface area contributed by atoms with Gasteiger partial charge in [0, 0.05) is 6.42 Å². The van der Waals surface area contributed by atoms with E-state index in [1.807, 2.05) is 30.3 Å². The van der Waals surface area contributed by atoms with E-state index in [1.165, 1.54) is 14.0 Å². The van der Waals surface area contributed by atoms with Gasteiger partial charge >= 0.3 is 12.1 Å². The molecule has 3 atom stereocenters. The highest BCUT2D eigenvalue weighted by molar-refractivity contribution is 7.80. The summed E-state index contributed by atoms with van der Waals surface area (Å²) < 4.78 is 9.88. The number of rotatable bonds is 8. The number of carbonyl (C=O) groups excluding carboxylic acids is 3. The lowest BCUT2D eigenvalue weighted by Gasteiger charge is -2.25. The Hall–Kier alpha value is -2.68. The molecule has 0 aliphatic rings. The van der Waals surface area contributed by atoms with Crippen LogP contribution in [0.25, 0.3) is 0 Å². The number of thiocarbonyl (C=S) groups is 1. The van der Waals surface area contributed by atoms with Crippen LogP contribution in [0.1, 0.15) is 40.2 Å². The SMILES string of the molecule is COC(=O)[C@H](C)NC(=O)[C@H](Cc1ccccc1)NC(=S)[C@H](C)NC(=O)OC(C)(C)C. The second kappa shape index (κ2) is 11.5. The van der Waals surface area contributed by atoms with Crippen LogP contribution in [0.5, 0.6) is 0 Å². The summed E-state index contributed by atoms with van der Waals surface area (Å²) in [4.78, 5) is 36.7. The number of benzene rings is 1. The van der Waals surface area contributed by atoms with Crippen LogP contribution in [-0.2, 0) is 25.5 Å². The third-order valence-corrected chi connectivity index (χ3v) is 4.43. The first-order chi connectivity index (χ1) is 13.9. The Morgan fingerprint density at radius 2 is 1.60 bits per heavy atom. The number of ether oxygens (including phenoxy) is 2. The van der Waals surface area contributed by atoms with Crippen molar-refractivity contribution in [3.8, 4) is 0 Å². The molecular formula is C21H31N3O5S. The van der Waals surface area contributed by atoms with Crippen LogP contribution in [0.4, 0.5) is 4.79 Å². The molecule has 3 N–H and O–H groups in total. The molecule has 1 rings (SSSR count). The smallest absolute Gasteiger partial charge is 0.408 e. The summed E-state index contributed by atoms with van der Waals surface area (Å²) in [5.74, 6) is -0.965. The highest BCUT2D eigenvalue weighted by Gasteiger charge is 2.26. The van der Waals surface area contributed by atoms with Gasteiger partial charge in [0.2, 0.25) is 5.91 Å². The van der Waals surface area contributed by atoms with E-state index in [2.05, 4.69) is 20.7 Å². The molecule has 0 unspecified atom stereocenters. The summed E-state index contributed by atoms with van der Waals surface area (Å²) in [6.45, 7) is 8.51. The Morgan fingerprint density at radius 3 is 2.13 bits per heavy atom. The van der Waals surface area contributed by atoms with Gasteiger partial charge in [-0.3, -0.25) is 4.79 Å². The Morgan fingerprint density at radius 1 is 1.00 bits per heavy atom. The zero-order valence-electron chi connectivity index (χ0n) is 18.3. The van der Waals surface area contributed by atoms with Gasteiger partial charge in [-0.1, -0.05) is 42.5 Å². The Kier molecular flexibility index (Phi) is 9.71. The van der Waals surface area contributed by atoms with E-state index in [-0.39, 0.29) is 4.99 Å². The van der Waals surface area contributed by atoms with E-state index in [9.17, 15) is 14.4 Å². The molecule has 1 aromatic rings. The van der Waals surface area contributed by atoms with Crippen molar-refractivity contribution in [1.29, 1.82) is 0 Å². The van der Waals surface area contributed by atoms with Gasteiger partial charge in [-0.25, -0.2) is 9.59 Å². The van der Waals surface area contributed by atoms with Crippen molar-refractivity contribution in [1.82, 2.24) is 16.0 Å². The summed E-state index contributed by atoms with van der Waals surface area (Å²) in [6.07, 6.45) is -0.276. The summed E-state index contributed by atoms with van der Waals surface area (Å²) in [6, 6.07) is 7.25. The highest BCUT2D eigenvalue weighted by atomic mass is 32.1. The lowest BCUT2D eigenvalue weighted by Crippen LogP contribution is -2.55. The number of nitrogens with one attached hydrogen (secondary N) is 3. The van der Waals surface area contributed by atoms with Gasteiger partial charge in [0.25, 0.3) is 0 Å². The molecule has 0 saturated heterocycles. The van der Waals surface area contributed by atoms with Gasteiger partial charge in [-0.2, -0.15) is 0 Å². The third kappa shape index (κ3) is 9.21. The van der Waals surface area contributed by atoms with Gasteiger partial charge in [0.15, 0.2) is 0 Å². The Labute approximate surface area is 183 Å². The molecule has 0 bridgehead atoms. The van der Waals surface area contributed by atoms with Gasteiger partial charge in [0.05, 0.1) is 18.1 Å². The molecule has 0 aliphatic carbocycles. The molecule has 0 radical (unpaired) electrons. The fraction of sp³-hybridized carbons (Fsp3) is 0.524. The predicted octanol–water partition coefficient (Wildman–Crippen LogP) is 2.11. The van der Waals surface area contributed by atoms with Crippen molar-refractivity contribution in [3.63, 3.8) is 0 Å². The number of methoxy groups -OCH3 is 1. The minimum atomic E-state index is -0.812. The molecule has 30 heavy (non-hydrogen) atoms. The molecule has 0 spiro atoms.